The molecule has 0 unspecified atom stereocenters. The molecular formula is O4PPb4+5. The van der Waals surface area contributed by atoms with Gasteiger partial charge in [0.15, 0.2) is 0 Å². The van der Waals surface area contributed by atoms with Crippen LogP contribution in [0, 0.1) is 0 Å². The first kappa shape index (κ1) is 29.3. The zero-order chi connectivity index (χ0) is 4.50. The number of rotatable bonds is 0. The maximum Gasteiger partial charge on any atom is 2.00 e. The van der Waals surface area contributed by atoms with Crippen LogP contribution in [0.15, 0.2) is 0 Å². The third kappa shape index (κ3) is 78.5. The van der Waals surface area contributed by atoms with Crippen molar-refractivity contribution in [2.45, 2.75) is 0 Å². The Labute approximate surface area is 133 Å². The van der Waals surface area contributed by atoms with E-state index in [1.807, 2.05) is 0 Å². The van der Waals surface area contributed by atoms with Gasteiger partial charge in [0.05, 0.1) is 0 Å². The van der Waals surface area contributed by atoms with E-state index in [2.05, 4.69) is 0 Å². The standard InChI is InChI=1S/H3O4P.4Pb/c1-5(2,3)4;;;;/h(H3,1,2,3,4);;;;/q;4*+2/p-3. The summed E-state index contributed by atoms with van der Waals surface area (Å²) in [5.41, 5.74) is 0. The summed E-state index contributed by atoms with van der Waals surface area (Å²) in [6, 6.07) is 0. The van der Waals surface area contributed by atoms with Gasteiger partial charge in [-0.05, 0) is 0 Å². The van der Waals surface area contributed by atoms with Gasteiger partial charge in [-0.3, -0.25) is 0 Å². The fraction of sp³-hybridized carbons (Fsp3) is 0. The van der Waals surface area contributed by atoms with Gasteiger partial charge < -0.3 is 19.2 Å². The van der Waals surface area contributed by atoms with Crippen molar-refractivity contribution in [2.75, 3.05) is 0 Å². The van der Waals surface area contributed by atoms with Crippen LogP contribution < -0.4 is 14.7 Å². The van der Waals surface area contributed by atoms with Gasteiger partial charge in [0.25, 0.3) is 0 Å². The minimum Gasteiger partial charge on any atom is -0.822 e. The molecule has 0 aliphatic rings. The van der Waals surface area contributed by atoms with Gasteiger partial charge in [0.1, 0.15) is 0 Å². The molecule has 0 heterocycles. The number of hydrogen-bond acceptors (Lipinski definition) is 4. The molecule has 0 saturated heterocycles. The van der Waals surface area contributed by atoms with E-state index in [-0.39, 0.29) is 109 Å². The van der Waals surface area contributed by atoms with Gasteiger partial charge in [-0.25, -0.2) is 0 Å². The monoisotopic (exact) mass is 927 g/mol. The average molecular weight is 924 g/mol. The molecule has 9 heavy (non-hydrogen) atoms. The molecule has 0 spiro atoms. The zero-order valence-electron chi connectivity index (χ0n) is 4.08. The van der Waals surface area contributed by atoms with Crippen LogP contribution in [0.5, 0.6) is 0 Å². The first-order chi connectivity index (χ1) is 2.00. The van der Waals surface area contributed by atoms with Crippen LogP contribution >= 0.6 is 7.82 Å². The van der Waals surface area contributed by atoms with Crippen molar-refractivity contribution in [3.63, 3.8) is 0 Å². The Balaban J connectivity index is -0.0000000133. The van der Waals surface area contributed by atoms with Crippen LogP contribution in [0.1, 0.15) is 0 Å². The van der Waals surface area contributed by atoms with Gasteiger partial charge in [-0.1, -0.05) is 0 Å². The molecular weight excluding hydrogens is 924 g/mol. The van der Waals surface area contributed by atoms with E-state index in [0.29, 0.717) is 0 Å². The maximum atomic E-state index is 8.55. The van der Waals surface area contributed by atoms with Crippen LogP contribution in [0.3, 0.4) is 0 Å². The Hall–Kier alpha value is 3.80. The molecule has 0 rings (SSSR count). The third-order valence-corrected chi connectivity index (χ3v) is 0. The quantitative estimate of drug-likeness (QED) is 0.182. The molecule has 0 aliphatic carbocycles. The van der Waals surface area contributed by atoms with Gasteiger partial charge >= 0.3 is 109 Å². The summed E-state index contributed by atoms with van der Waals surface area (Å²) in [4.78, 5) is 25.6. The molecule has 0 N–H and O–H groups in total. The summed E-state index contributed by atoms with van der Waals surface area (Å²) in [6.45, 7) is 0. The second-order valence-electron chi connectivity index (χ2n) is 0.447. The van der Waals surface area contributed by atoms with E-state index in [1.165, 1.54) is 0 Å². The first-order valence-electron chi connectivity index (χ1n) is 0.730. The smallest absolute Gasteiger partial charge is 0.822 e. The van der Waals surface area contributed by atoms with Gasteiger partial charge in [-0.15, -0.1) is 0 Å². The second kappa shape index (κ2) is 14.3. The summed E-state index contributed by atoms with van der Waals surface area (Å²) in [7, 11) is -5.39. The predicted octanol–water partition coefficient (Wildman–Crippen LogP) is -4.35. The number of hydrogen-bond donors (Lipinski definition) is 0. The van der Waals surface area contributed by atoms with Crippen molar-refractivity contribution in [2.24, 2.45) is 0 Å². The van der Waals surface area contributed by atoms with Crippen LogP contribution in [-0.4, -0.2) is 109 Å². The van der Waals surface area contributed by atoms with Crippen molar-refractivity contribution < 1.29 is 19.2 Å². The topological polar surface area (TPSA) is 86.2 Å². The second-order valence-corrected chi connectivity index (χ2v) is 1.34. The van der Waals surface area contributed by atoms with Crippen molar-refractivity contribution in [1.82, 2.24) is 0 Å². The van der Waals surface area contributed by atoms with Crippen molar-refractivity contribution >= 4 is 117 Å². The molecule has 0 amide bonds. The van der Waals surface area contributed by atoms with Gasteiger partial charge in [0.2, 0.25) is 0 Å². The molecule has 9 heteroatoms. The Bertz CT molecular complexity index is 58.7. The number of phosphoric acid groups is 1. The Morgan fingerprint density at radius 2 is 0.778 bits per heavy atom. The average Bonchev–Trinajstić information content (AvgIpc) is 0.722. The molecule has 0 bridgehead atoms. The summed E-state index contributed by atoms with van der Waals surface area (Å²) in [5.74, 6) is 0. The SMILES string of the molecule is O=P([O-])([O-])[O-].[Pb+2].[Pb+2].[Pb+2].[Pb+2]. The van der Waals surface area contributed by atoms with Gasteiger partial charge in [-0.2, -0.15) is 7.82 Å². The summed E-state index contributed by atoms with van der Waals surface area (Å²) in [6.07, 6.45) is 0. The van der Waals surface area contributed by atoms with Crippen LogP contribution in [-0.2, 0) is 4.57 Å². The van der Waals surface area contributed by atoms with Crippen LogP contribution in [0.2, 0.25) is 0 Å². The summed E-state index contributed by atoms with van der Waals surface area (Å²) in [5, 5.41) is 0. The Morgan fingerprint density at radius 1 is 0.778 bits per heavy atom. The van der Waals surface area contributed by atoms with Crippen molar-refractivity contribution in [3.8, 4) is 0 Å². The van der Waals surface area contributed by atoms with E-state index in [0.717, 1.165) is 0 Å². The minimum absolute atomic E-state index is 0. The normalized spacial score (nSPS) is 6.56. The van der Waals surface area contributed by atoms with E-state index in [4.69, 9.17) is 19.2 Å². The first-order valence-corrected chi connectivity index (χ1v) is 2.19. The molecule has 0 atom stereocenters. The molecule has 0 fully saturated rings. The molecule has 40 valence electrons. The fourth-order valence-corrected chi connectivity index (χ4v) is 0. The zero-order valence-corrected chi connectivity index (χ0v) is 20.5. The van der Waals surface area contributed by atoms with Crippen LogP contribution in [0.4, 0.5) is 0 Å². The summed E-state index contributed by atoms with van der Waals surface area (Å²) >= 11 is 0. The van der Waals surface area contributed by atoms with E-state index in [9.17, 15) is 0 Å². The van der Waals surface area contributed by atoms with Crippen molar-refractivity contribution in [1.29, 1.82) is 0 Å². The Kier molecular flexibility index (Phi) is 46.6. The molecule has 0 aliphatic heterocycles. The van der Waals surface area contributed by atoms with Crippen LogP contribution in [0.25, 0.3) is 0 Å². The van der Waals surface area contributed by atoms with E-state index >= 15 is 0 Å². The largest absolute Gasteiger partial charge is 2.00 e. The molecule has 0 aromatic rings. The molecule has 8 radical (unpaired) electrons. The summed E-state index contributed by atoms with van der Waals surface area (Å²) < 4.78 is 8.55. The van der Waals surface area contributed by atoms with E-state index < -0.39 is 7.82 Å². The predicted molar refractivity (Wildman–Crippen MR) is 30.6 cm³/mol. The van der Waals surface area contributed by atoms with Gasteiger partial charge in [0, 0.05) is 0 Å². The molecule has 4 nitrogen and oxygen atoms in total. The van der Waals surface area contributed by atoms with E-state index in [1.54, 1.807) is 0 Å². The minimum atomic E-state index is -5.39. The fourth-order valence-electron chi connectivity index (χ4n) is 0. The molecule has 0 saturated carbocycles. The molecule has 0 aromatic carbocycles. The maximum absolute atomic E-state index is 8.55. The van der Waals surface area contributed by atoms with Crippen molar-refractivity contribution in [3.05, 3.63) is 0 Å². The Morgan fingerprint density at radius 3 is 0.778 bits per heavy atom. The molecule has 0 aromatic heterocycles. The third-order valence-electron chi connectivity index (χ3n) is 0.